The fourth-order valence-corrected chi connectivity index (χ4v) is 1.93. The molecule has 0 unspecified atom stereocenters. The Balaban J connectivity index is 3.06. The number of carboxylic acids is 1. The van der Waals surface area contributed by atoms with Crippen molar-refractivity contribution in [2.75, 3.05) is 0 Å². The van der Waals surface area contributed by atoms with E-state index in [1.165, 1.54) is 0 Å². The summed E-state index contributed by atoms with van der Waals surface area (Å²) in [6.07, 6.45) is 0. The summed E-state index contributed by atoms with van der Waals surface area (Å²) >= 11 is 7.38. The van der Waals surface area contributed by atoms with E-state index in [1.54, 1.807) is 0 Å². The summed E-state index contributed by atoms with van der Waals surface area (Å²) in [4.78, 5) is 11.0. The Labute approximate surface area is 83.0 Å². The Morgan fingerprint density at radius 1 is 1.64 bits per heavy atom. The molecule has 0 saturated heterocycles. The van der Waals surface area contributed by atoms with Crippen LogP contribution in [0.1, 0.15) is 19.1 Å². The van der Waals surface area contributed by atoms with E-state index in [0.29, 0.717) is 4.88 Å². The van der Waals surface area contributed by atoms with Crippen LogP contribution in [0.15, 0.2) is 0 Å². The van der Waals surface area contributed by atoms with Gasteiger partial charge >= 0.3 is 5.97 Å². The zero-order valence-corrected chi connectivity index (χ0v) is 8.98. The third-order valence-electron chi connectivity index (χ3n) is 0.914. The molecule has 60 valence electrons. The maximum atomic E-state index is 10.4. The van der Waals surface area contributed by atoms with Crippen molar-refractivity contribution >= 4 is 49.4 Å². The van der Waals surface area contributed by atoms with Gasteiger partial charge in [0.25, 0.3) is 0 Å². The molecule has 0 amide bonds. The highest BCUT2D eigenvalue weighted by Crippen LogP contribution is 2.33. The van der Waals surface area contributed by atoms with E-state index >= 15 is 0 Å². The predicted octanol–water partition coefficient (Wildman–Crippen LogP) is 2.02. The summed E-state index contributed by atoms with van der Waals surface area (Å²) in [7, 11) is 0. The second-order valence-corrected chi connectivity index (χ2v) is 5.44. The van der Waals surface area contributed by atoms with Gasteiger partial charge in [-0.1, -0.05) is 36.3 Å². The number of aromatic carboxylic acids is 1. The quantitative estimate of drug-likeness (QED) is 0.849. The van der Waals surface area contributed by atoms with Crippen LogP contribution in [0.2, 0.25) is 0 Å². The fraction of sp³-hybridized carbons (Fsp3) is 0.250. The van der Waals surface area contributed by atoms with Gasteiger partial charge in [-0.15, -0.1) is 5.10 Å². The maximum absolute atomic E-state index is 10.4. The van der Waals surface area contributed by atoms with Crippen molar-refractivity contribution in [3.05, 3.63) is 10.6 Å². The van der Waals surface area contributed by atoms with Crippen LogP contribution in [0.25, 0.3) is 0 Å². The number of hydrogen-bond donors (Lipinski definition) is 1. The number of halogens is 2. The van der Waals surface area contributed by atoms with Crippen molar-refractivity contribution in [2.24, 2.45) is 0 Å². The molecule has 0 fully saturated rings. The molecule has 0 aliphatic heterocycles. The van der Waals surface area contributed by atoms with Crippen molar-refractivity contribution < 1.29 is 9.90 Å². The van der Waals surface area contributed by atoms with E-state index < -0.39 is 5.97 Å². The number of aromatic nitrogens is 2. The van der Waals surface area contributed by atoms with Crippen molar-refractivity contribution in [1.82, 2.24) is 9.59 Å². The standard InChI is InChI=1S/C4H2Br2N2O2S/c5-3(6)2-1(4(9)10)7-8-11-2/h3H,(H,9,10). The van der Waals surface area contributed by atoms with Gasteiger partial charge < -0.3 is 5.11 Å². The zero-order valence-electron chi connectivity index (χ0n) is 4.99. The fourth-order valence-electron chi connectivity index (χ4n) is 0.489. The lowest BCUT2D eigenvalue weighted by molar-refractivity contribution is 0.0689. The van der Waals surface area contributed by atoms with Gasteiger partial charge in [-0.2, -0.15) is 0 Å². The lowest BCUT2D eigenvalue weighted by Gasteiger charge is -1.94. The molecule has 0 saturated carbocycles. The van der Waals surface area contributed by atoms with Crippen LogP contribution in [0.4, 0.5) is 0 Å². The Hall–Kier alpha value is -0.0100. The van der Waals surface area contributed by atoms with Crippen LogP contribution in [-0.2, 0) is 0 Å². The molecule has 0 aliphatic rings. The molecule has 1 rings (SSSR count). The summed E-state index contributed by atoms with van der Waals surface area (Å²) in [6, 6.07) is 0. The van der Waals surface area contributed by atoms with Crippen molar-refractivity contribution in [2.45, 2.75) is 3.74 Å². The molecule has 0 aliphatic carbocycles. The molecular formula is C4H2Br2N2O2S. The average molecular weight is 302 g/mol. The van der Waals surface area contributed by atoms with Crippen LogP contribution in [0.3, 0.4) is 0 Å². The molecule has 0 radical (unpaired) electrons. The van der Waals surface area contributed by atoms with Crippen molar-refractivity contribution in [3.63, 3.8) is 0 Å². The van der Waals surface area contributed by atoms with Gasteiger partial charge in [-0.05, 0) is 11.5 Å². The van der Waals surface area contributed by atoms with Gasteiger partial charge in [0.1, 0.15) is 3.74 Å². The second kappa shape index (κ2) is 3.59. The number of rotatable bonds is 2. The van der Waals surface area contributed by atoms with E-state index in [9.17, 15) is 4.79 Å². The Morgan fingerprint density at radius 3 is 2.64 bits per heavy atom. The molecule has 4 nitrogen and oxygen atoms in total. The van der Waals surface area contributed by atoms with Gasteiger partial charge in [0.05, 0.1) is 4.88 Å². The average Bonchev–Trinajstić information content (AvgIpc) is 2.32. The van der Waals surface area contributed by atoms with Crippen LogP contribution in [-0.4, -0.2) is 20.7 Å². The molecule has 1 aromatic heterocycles. The van der Waals surface area contributed by atoms with E-state index in [1.807, 2.05) is 0 Å². The highest BCUT2D eigenvalue weighted by molar-refractivity contribution is 9.24. The molecule has 0 atom stereocenters. The Bertz CT molecular complexity index is 275. The van der Waals surface area contributed by atoms with Gasteiger partial charge in [0, 0.05) is 0 Å². The largest absolute Gasteiger partial charge is 0.476 e. The molecule has 0 spiro atoms. The molecule has 0 bridgehead atoms. The summed E-state index contributed by atoms with van der Waals surface area (Å²) < 4.78 is 3.32. The van der Waals surface area contributed by atoms with E-state index in [0.717, 1.165) is 11.5 Å². The minimum absolute atomic E-state index is 0.00579. The first-order chi connectivity index (χ1) is 5.13. The minimum atomic E-state index is -1.06. The van der Waals surface area contributed by atoms with Crippen LogP contribution in [0, 0.1) is 0 Å². The number of hydrogen-bond acceptors (Lipinski definition) is 4. The molecule has 0 aromatic carbocycles. The molecule has 11 heavy (non-hydrogen) atoms. The molecular weight excluding hydrogens is 300 g/mol. The van der Waals surface area contributed by atoms with Gasteiger partial charge in [0.2, 0.25) is 0 Å². The number of carboxylic acid groups (broad SMARTS) is 1. The number of carbonyl (C=O) groups is 1. The highest BCUT2D eigenvalue weighted by Gasteiger charge is 2.19. The SMILES string of the molecule is O=C(O)c1nnsc1C(Br)Br. The summed E-state index contributed by atoms with van der Waals surface area (Å²) in [5.74, 6) is -1.06. The molecule has 1 heterocycles. The summed E-state index contributed by atoms with van der Waals surface area (Å²) in [5, 5.41) is 12.0. The van der Waals surface area contributed by atoms with Crippen LogP contribution < -0.4 is 0 Å². The van der Waals surface area contributed by atoms with Gasteiger partial charge in [-0.25, -0.2) is 4.79 Å². The summed E-state index contributed by atoms with van der Waals surface area (Å²) in [6.45, 7) is 0. The van der Waals surface area contributed by atoms with Gasteiger partial charge in [0.15, 0.2) is 5.69 Å². The normalized spacial score (nSPS) is 10.5. The number of alkyl halides is 2. The first-order valence-corrected chi connectivity index (χ1v) is 5.07. The molecule has 7 heteroatoms. The lowest BCUT2D eigenvalue weighted by Crippen LogP contribution is -2.00. The van der Waals surface area contributed by atoms with Crippen LogP contribution in [0.5, 0.6) is 0 Å². The Morgan fingerprint density at radius 2 is 2.27 bits per heavy atom. The Kier molecular flexibility index (Phi) is 2.97. The van der Waals surface area contributed by atoms with Crippen molar-refractivity contribution in [1.29, 1.82) is 0 Å². The third-order valence-corrected chi connectivity index (χ3v) is 3.22. The smallest absolute Gasteiger partial charge is 0.357 e. The zero-order chi connectivity index (χ0) is 8.43. The number of nitrogens with zero attached hydrogens (tertiary/aromatic N) is 2. The molecule has 1 N–H and O–H groups in total. The monoisotopic (exact) mass is 300 g/mol. The first-order valence-electron chi connectivity index (χ1n) is 2.46. The topological polar surface area (TPSA) is 63.1 Å². The highest BCUT2D eigenvalue weighted by atomic mass is 79.9. The maximum Gasteiger partial charge on any atom is 0.357 e. The van der Waals surface area contributed by atoms with E-state index in [2.05, 4.69) is 41.4 Å². The second-order valence-electron chi connectivity index (χ2n) is 1.59. The predicted molar refractivity (Wildman–Crippen MR) is 47.5 cm³/mol. The minimum Gasteiger partial charge on any atom is -0.476 e. The lowest BCUT2D eigenvalue weighted by atomic mass is 10.4. The van der Waals surface area contributed by atoms with Crippen molar-refractivity contribution in [3.8, 4) is 0 Å². The first kappa shape index (κ1) is 9.08. The van der Waals surface area contributed by atoms with Crippen LogP contribution >= 0.6 is 43.4 Å². The van der Waals surface area contributed by atoms with Gasteiger partial charge in [-0.3, -0.25) is 0 Å². The van der Waals surface area contributed by atoms with E-state index in [4.69, 9.17) is 5.11 Å². The third kappa shape index (κ3) is 1.97. The molecule has 1 aromatic rings. The van der Waals surface area contributed by atoms with E-state index in [-0.39, 0.29) is 9.43 Å². The summed E-state index contributed by atoms with van der Waals surface area (Å²) in [5.41, 5.74) is -0.00579.